The van der Waals surface area contributed by atoms with Crippen molar-refractivity contribution in [1.82, 2.24) is 9.88 Å². The smallest absolute Gasteiger partial charge is 0.260 e. The van der Waals surface area contributed by atoms with Crippen LogP contribution in [-0.4, -0.2) is 47.7 Å². The van der Waals surface area contributed by atoms with Gasteiger partial charge in [0.1, 0.15) is 5.82 Å². The molecule has 3 aromatic rings. The van der Waals surface area contributed by atoms with Crippen LogP contribution < -0.4 is 4.90 Å². The first-order valence-corrected chi connectivity index (χ1v) is 11.7. The molecule has 0 N–H and O–H groups in total. The Kier molecular flexibility index (Phi) is 9.55. The molecule has 2 aromatic carbocycles. The molecule has 4 nitrogen and oxygen atoms in total. The van der Waals surface area contributed by atoms with E-state index in [0.717, 1.165) is 35.0 Å². The summed E-state index contributed by atoms with van der Waals surface area (Å²) in [5.41, 5.74) is 1.34. The van der Waals surface area contributed by atoms with Gasteiger partial charge in [0.15, 0.2) is 5.13 Å². The van der Waals surface area contributed by atoms with Crippen LogP contribution in [0.25, 0.3) is 10.2 Å². The Bertz CT molecular complexity index is 961. The lowest BCUT2D eigenvalue weighted by Gasteiger charge is -2.24. The first-order valence-electron chi connectivity index (χ1n) is 9.88. The molecule has 0 aliphatic heterocycles. The lowest BCUT2D eigenvalue weighted by Crippen LogP contribution is -2.38. The van der Waals surface area contributed by atoms with Crippen molar-refractivity contribution in [2.45, 2.75) is 25.7 Å². The number of anilines is 1. The van der Waals surface area contributed by atoms with Crippen LogP contribution in [0.4, 0.5) is 9.52 Å². The monoisotopic (exact) mass is 467 g/mol. The normalized spacial score (nSPS) is 11.0. The van der Waals surface area contributed by atoms with Crippen molar-refractivity contribution in [2.24, 2.45) is 0 Å². The van der Waals surface area contributed by atoms with E-state index in [0.29, 0.717) is 22.8 Å². The van der Waals surface area contributed by atoms with Gasteiger partial charge in [-0.05, 0) is 61.3 Å². The second kappa shape index (κ2) is 11.6. The van der Waals surface area contributed by atoms with Gasteiger partial charge in [-0.15, -0.1) is 24.2 Å². The maximum atomic E-state index is 13.6. The van der Waals surface area contributed by atoms with Crippen molar-refractivity contribution in [2.75, 3.05) is 36.8 Å². The van der Waals surface area contributed by atoms with E-state index in [-0.39, 0.29) is 24.1 Å². The average Bonchev–Trinajstić information content (AvgIpc) is 3.14. The zero-order valence-electron chi connectivity index (χ0n) is 17.4. The first-order chi connectivity index (χ1) is 14.0. The van der Waals surface area contributed by atoms with Crippen molar-refractivity contribution in [1.29, 1.82) is 0 Å². The topological polar surface area (TPSA) is 36.4 Å². The molecule has 0 radical (unpaired) electrons. The van der Waals surface area contributed by atoms with E-state index in [4.69, 9.17) is 0 Å². The fourth-order valence-corrected chi connectivity index (χ4v) is 4.76. The van der Waals surface area contributed by atoms with Crippen LogP contribution in [0.1, 0.15) is 31.1 Å². The van der Waals surface area contributed by atoms with Gasteiger partial charge in [-0.3, -0.25) is 9.69 Å². The van der Waals surface area contributed by atoms with Crippen LogP contribution in [0, 0.1) is 5.82 Å². The SMILES string of the molecule is CCSc1ccc(C(=O)N(CCN(CC)CC)c2nc3ccc(F)cc3s2)cc1.Cl. The molecule has 0 unspecified atom stereocenters. The number of thioether (sulfide) groups is 1. The zero-order chi connectivity index (χ0) is 20.8. The van der Waals surface area contributed by atoms with Crippen molar-refractivity contribution in [3.05, 3.63) is 53.8 Å². The lowest BCUT2D eigenvalue weighted by atomic mass is 10.2. The number of rotatable bonds is 9. The Hall–Kier alpha value is -1.67. The standard InChI is InChI=1S/C22H26FN3OS2.ClH/c1-4-25(5-2)13-14-26(21(27)16-7-10-18(11-8-16)28-6-3)22-24-19-12-9-17(23)15-20(19)29-22;/h7-12,15H,4-6,13-14H2,1-3H3;1H. The molecule has 0 aliphatic carbocycles. The Labute approximate surface area is 191 Å². The molecule has 0 bridgehead atoms. The minimum atomic E-state index is -0.294. The summed E-state index contributed by atoms with van der Waals surface area (Å²) in [6, 6.07) is 12.2. The minimum absolute atomic E-state index is 0. The third-order valence-electron chi connectivity index (χ3n) is 4.76. The summed E-state index contributed by atoms with van der Waals surface area (Å²) < 4.78 is 14.4. The molecule has 0 spiro atoms. The molecule has 0 saturated heterocycles. The predicted octanol–water partition coefficient (Wildman–Crippen LogP) is 5.96. The number of hydrogen-bond acceptors (Lipinski definition) is 5. The second-order valence-corrected chi connectivity index (χ2v) is 8.90. The van der Waals surface area contributed by atoms with Gasteiger partial charge in [-0.25, -0.2) is 9.37 Å². The van der Waals surface area contributed by atoms with Crippen molar-refractivity contribution >= 4 is 56.8 Å². The maximum Gasteiger partial charge on any atom is 0.260 e. The molecule has 30 heavy (non-hydrogen) atoms. The van der Waals surface area contributed by atoms with Crippen molar-refractivity contribution in [3.8, 4) is 0 Å². The van der Waals surface area contributed by atoms with Crippen molar-refractivity contribution in [3.63, 3.8) is 0 Å². The number of amides is 1. The third-order valence-corrected chi connectivity index (χ3v) is 6.70. The highest BCUT2D eigenvalue weighted by Crippen LogP contribution is 2.30. The van der Waals surface area contributed by atoms with Crippen molar-refractivity contribution < 1.29 is 9.18 Å². The molecule has 1 amide bonds. The summed E-state index contributed by atoms with van der Waals surface area (Å²) >= 11 is 3.10. The zero-order valence-corrected chi connectivity index (χ0v) is 19.9. The van der Waals surface area contributed by atoms with Gasteiger partial charge >= 0.3 is 0 Å². The van der Waals surface area contributed by atoms with E-state index in [1.165, 1.54) is 23.5 Å². The van der Waals surface area contributed by atoms with Gasteiger partial charge < -0.3 is 4.90 Å². The van der Waals surface area contributed by atoms with Gasteiger partial charge in [-0.2, -0.15) is 0 Å². The van der Waals surface area contributed by atoms with E-state index >= 15 is 0 Å². The molecule has 0 saturated carbocycles. The third kappa shape index (κ3) is 5.94. The van der Waals surface area contributed by atoms with Crippen LogP contribution in [0.2, 0.25) is 0 Å². The fourth-order valence-electron chi connectivity index (χ4n) is 3.08. The number of thiazole rings is 1. The van der Waals surface area contributed by atoms with Gasteiger partial charge in [0.25, 0.3) is 5.91 Å². The van der Waals surface area contributed by atoms with E-state index in [2.05, 4.69) is 30.7 Å². The number of nitrogens with zero attached hydrogens (tertiary/aromatic N) is 3. The number of benzene rings is 2. The number of carbonyl (C=O) groups excluding carboxylic acids is 1. The molecule has 8 heteroatoms. The Morgan fingerprint density at radius 2 is 1.77 bits per heavy atom. The van der Waals surface area contributed by atoms with E-state index in [1.54, 1.807) is 22.7 Å². The molecule has 0 fully saturated rings. The van der Waals surface area contributed by atoms with Gasteiger partial charge in [0, 0.05) is 23.5 Å². The molecule has 1 aromatic heterocycles. The number of likely N-dealkylation sites (N-methyl/N-ethyl adjacent to an activating group) is 1. The molecule has 0 aliphatic rings. The summed E-state index contributed by atoms with van der Waals surface area (Å²) in [5, 5.41) is 0.606. The number of carbonyl (C=O) groups is 1. The van der Waals surface area contributed by atoms with Crippen LogP contribution in [-0.2, 0) is 0 Å². The van der Waals surface area contributed by atoms with Crippen LogP contribution in [0.3, 0.4) is 0 Å². The van der Waals surface area contributed by atoms with E-state index < -0.39 is 0 Å². The summed E-state index contributed by atoms with van der Waals surface area (Å²) in [7, 11) is 0. The maximum absolute atomic E-state index is 13.6. The first kappa shape index (κ1) is 24.6. The van der Waals surface area contributed by atoms with Gasteiger partial charge in [0.05, 0.1) is 10.2 Å². The Morgan fingerprint density at radius 3 is 2.40 bits per heavy atom. The molecule has 3 rings (SSSR count). The Morgan fingerprint density at radius 1 is 1.07 bits per heavy atom. The van der Waals surface area contributed by atoms with Crippen LogP contribution in [0.15, 0.2) is 47.4 Å². The Balaban J connectivity index is 0.00000320. The highest BCUT2D eigenvalue weighted by Gasteiger charge is 2.22. The predicted molar refractivity (Wildman–Crippen MR) is 129 cm³/mol. The summed E-state index contributed by atoms with van der Waals surface area (Å²) in [6.07, 6.45) is 0. The molecular weight excluding hydrogens is 441 g/mol. The number of fused-ring (bicyclic) bond motifs is 1. The number of aromatic nitrogens is 1. The molecule has 162 valence electrons. The largest absolute Gasteiger partial charge is 0.302 e. The average molecular weight is 468 g/mol. The fraction of sp³-hybridized carbons (Fsp3) is 0.364. The van der Waals surface area contributed by atoms with Gasteiger partial charge in [0.2, 0.25) is 0 Å². The summed E-state index contributed by atoms with van der Waals surface area (Å²) in [6.45, 7) is 9.47. The lowest BCUT2D eigenvalue weighted by molar-refractivity contribution is 0.0983. The molecular formula is C22H27ClFN3OS2. The van der Waals surface area contributed by atoms with E-state index in [1.807, 2.05) is 24.3 Å². The highest BCUT2D eigenvalue weighted by atomic mass is 35.5. The highest BCUT2D eigenvalue weighted by molar-refractivity contribution is 7.99. The summed E-state index contributed by atoms with van der Waals surface area (Å²) in [4.78, 5) is 23.1. The molecule has 1 heterocycles. The second-order valence-electron chi connectivity index (χ2n) is 6.55. The molecule has 0 atom stereocenters. The number of hydrogen-bond donors (Lipinski definition) is 0. The van der Waals surface area contributed by atoms with E-state index in [9.17, 15) is 9.18 Å². The summed E-state index contributed by atoms with van der Waals surface area (Å²) in [5.74, 6) is 0.619. The minimum Gasteiger partial charge on any atom is -0.302 e. The quantitative estimate of drug-likeness (QED) is 0.364. The van der Waals surface area contributed by atoms with Crippen LogP contribution >= 0.6 is 35.5 Å². The van der Waals surface area contributed by atoms with Gasteiger partial charge in [-0.1, -0.05) is 32.1 Å². The van der Waals surface area contributed by atoms with Crippen LogP contribution in [0.5, 0.6) is 0 Å². The number of halogens is 2.